The zero-order valence-corrected chi connectivity index (χ0v) is 11.3. The highest BCUT2D eigenvalue weighted by molar-refractivity contribution is 5.18. The van der Waals surface area contributed by atoms with Crippen molar-refractivity contribution < 1.29 is 0 Å². The van der Waals surface area contributed by atoms with E-state index in [0.29, 0.717) is 6.04 Å². The van der Waals surface area contributed by atoms with Crippen molar-refractivity contribution in [1.29, 1.82) is 0 Å². The largest absolute Gasteiger partial charge is 0.327 e. The van der Waals surface area contributed by atoms with Gasteiger partial charge in [-0.25, -0.2) is 0 Å². The van der Waals surface area contributed by atoms with Crippen LogP contribution in [0.5, 0.6) is 0 Å². The monoisotopic (exact) mass is 244 g/mol. The van der Waals surface area contributed by atoms with Gasteiger partial charge in [0.05, 0.1) is 0 Å². The smallest absolute Gasteiger partial charge is 0.0448 e. The van der Waals surface area contributed by atoms with Gasteiger partial charge in [0.2, 0.25) is 0 Å². The Hall–Kier alpha value is -0.890. The first-order chi connectivity index (χ1) is 8.72. The summed E-state index contributed by atoms with van der Waals surface area (Å²) in [5.41, 5.74) is 8.81. The second-order valence-corrected chi connectivity index (χ2v) is 6.40. The lowest BCUT2D eigenvalue weighted by Crippen LogP contribution is -2.28. The Bertz CT molecular complexity index is 415. The van der Waals surface area contributed by atoms with Gasteiger partial charge in [-0.1, -0.05) is 12.5 Å². The molecule has 3 rings (SSSR count). The number of pyridine rings is 1. The lowest BCUT2D eigenvalue weighted by Gasteiger charge is -2.24. The zero-order valence-electron chi connectivity index (χ0n) is 11.3. The molecule has 0 aliphatic heterocycles. The molecule has 2 aliphatic carbocycles. The fourth-order valence-corrected chi connectivity index (χ4v) is 4.12. The van der Waals surface area contributed by atoms with Crippen LogP contribution in [-0.2, 0) is 6.42 Å². The summed E-state index contributed by atoms with van der Waals surface area (Å²) >= 11 is 0. The lowest BCUT2D eigenvalue weighted by molar-refractivity contribution is 0.293. The van der Waals surface area contributed by atoms with Crippen LogP contribution in [0, 0.1) is 24.7 Å². The highest BCUT2D eigenvalue weighted by Crippen LogP contribution is 2.49. The Labute approximate surface area is 110 Å². The molecular weight excluding hydrogens is 220 g/mol. The summed E-state index contributed by atoms with van der Waals surface area (Å²) in [5, 5.41) is 0. The van der Waals surface area contributed by atoms with Crippen LogP contribution >= 0.6 is 0 Å². The van der Waals surface area contributed by atoms with Crippen molar-refractivity contribution >= 4 is 0 Å². The second kappa shape index (κ2) is 5.00. The molecule has 1 heterocycles. The van der Waals surface area contributed by atoms with E-state index in [1.54, 1.807) is 0 Å². The molecule has 98 valence electrons. The van der Waals surface area contributed by atoms with Crippen LogP contribution < -0.4 is 5.73 Å². The van der Waals surface area contributed by atoms with Gasteiger partial charge >= 0.3 is 0 Å². The van der Waals surface area contributed by atoms with Gasteiger partial charge < -0.3 is 5.73 Å². The molecule has 0 amide bonds. The molecule has 1 aromatic heterocycles. The summed E-state index contributed by atoms with van der Waals surface area (Å²) in [6, 6.07) is 4.43. The van der Waals surface area contributed by atoms with Crippen LogP contribution in [0.3, 0.4) is 0 Å². The van der Waals surface area contributed by atoms with Crippen LogP contribution in [0.2, 0.25) is 0 Å². The first-order valence-electron chi connectivity index (χ1n) is 7.38. The Morgan fingerprint density at radius 1 is 1.39 bits per heavy atom. The molecule has 0 aromatic carbocycles. The topological polar surface area (TPSA) is 38.9 Å². The van der Waals surface area contributed by atoms with Crippen molar-refractivity contribution in [2.24, 2.45) is 23.5 Å². The number of hydrogen-bond acceptors (Lipinski definition) is 2. The second-order valence-electron chi connectivity index (χ2n) is 6.40. The minimum Gasteiger partial charge on any atom is -0.327 e. The van der Waals surface area contributed by atoms with E-state index in [1.165, 1.54) is 43.4 Å². The molecule has 4 unspecified atom stereocenters. The predicted octanol–water partition coefficient (Wildman–Crippen LogP) is 3.09. The SMILES string of the molecule is Cc1cccnc1CC(N)CC1CC2CCC1C2. The molecular formula is C16H24N2. The maximum absolute atomic E-state index is 6.35. The summed E-state index contributed by atoms with van der Waals surface area (Å²) in [6.45, 7) is 2.13. The molecule has 2 nitrogen and oxygen atoms in total. The van der Waals surface area contributed by atoms with E-state index < -0.39 is 0 Å². The van der Waals surface area contributed by atoms with Crippen molar-refractivity contribution in [2.75, 3.05) is 0 Å². The maximum atomic E-state index is 6.35. The van der Waals surface area contributed by atoms with Crippen molar-refractivity contribution in [3.63, 3.8) is 0 Å². The normalized spacial score (nSPS) is 31.8. The standard InChI is InChI=1S/C16H24N2/c1-11-3-2-6-18-16(11)10-15(17)9-14-8-12-4-5-13(14)7-12/h2-3,6,12-15H,4-5,7-10,17H2,1H3. The maximum Gasteiger partial charge on any atom is 0.0448 e. The average Bonchev–Trinajstić information content (AvgIpc) is 2.94. The molecule has 2 aliphatic rings. The fraction of sp³-hybridized carbons (Fsp3) is 0.688. The third-order valence-corrected chi connectivity index (χ3v) is 5.06. The summed E-state index contributed by atoms with van der Waals surface area (Å²) in [7, 11) is 0. The number of rotatable bonds is 4. The van der Waals surface area contributed by atoms with Gasteiger partial charge in [0, 0.05) is 24.4 Å². The number of aromatic nitrogens is 1. The van der Waals surface area contributed by atoms with E-state index >= 15 is 0 Å². The number of nitrogens with two attached hydrogens (primary N) is 1. The fourth-order valence-electron chi connectivity index (χ4n) is 4.12. The van der Waals surface area contributed by atoms with Crippen LogP contribution in [-0.4, -0.2) is 11.0 Å². The van der Waals surface area contributed by atoms with Gasteiger partial charge in [-0.2, -0.15) is 0 Å². The third-order valence-electron chi connectivity index (χ3n) is 5.06. The minimum absolute atomic E-state index is 0.294. The van der Waals surface area contributed by atoms with E-state index in [4.69, 9.17) is 5.73 Å². The Balaban J connectivity index is 1.56. The molecule has 1 aromatic rings. The molecule has 2 bridgehead atoms. The quantitative estimate of drug-likeness (QED) is 0.884. The number of aryl methyl sites for hydroxylation is 1. The summed E-state index contributed by atoms with van der Waals surface area (Å²) in [4.78, 5) is 4.46. The zero-order chi connectivity index (χ0) is 12.5. The summed E-state index contributed by atoms with van der Waals surface area (Å²) in [6.07, 6.45) is 9.91. The average molecular weight is 244 g/mol. The predicted molar refractivity (Wildman–Crippen MR) is 74.2 cm³/mol. The molecule has 0 saturated heterocycles. The summed E-state index contributed by atoms with van der Waals surface area (Å²) < 4.78 is 0. The van der Waals surface area contributed by atoms with Crippen molar-refractivity contribution in [3.05, 3.63) is 29.6 Å². The lowest BCUT2D eigenvalue weighted by atomic mass is 9.83. The van der Waals surface area contributed by atoms with Crippen molar-refractivity contribution in [1.82, 2.24) is 4.98 Å². The van der Waals surface area contributed by atoms with E-state index in [9.17, 15) is 0 Å². The Morgan fingerprint density at radius 3 is 2.94 bits per heavy atom. The van der Waals surface area contributed by atoms with Crippen molar-refractivity contribution in [2.45, 2.75) is 51.5 Å². The Morgan fingerprint density at radius 2 is 2.28 bits per heavy atom. The first kappa shape index (κ1) is 12.2. The van der Waals surface area contributed by atoms with E-state index in [1.807, 2.05) is 12.3 Å². The Kier molecular flexibility index (Phi) is 3.38. The van der Waals surface area contributed by atoms with Crippen molar-refractivity contribution in [3.8, 4) is 0 Å². The highest BCUT2D eigenvalue weighted by Gasteiger charge is 2.39. The molecule has 2 N–H and O–H groups in total. The number of fused-ring (bicyclic) bond motifs is 2. The van der Waals surface area contributed by atoms with Crippen LogP contribution in [0.25, 0.3) is 0 Å². The molecule has 18 heavy (non-hydrogen) atoms. The summed E-state index contributed by atoms with van der Waals surface area (Å²) in [5.74, 6) is 2.93. The van der Waals surface area contributed by atoms with Gasteiger partial charge in [-0.05, 0) is 62.0 Å². The van der Waals surface area contributed by atoms with Gasteiger partial charge in [-0.15, -0.1) is 0 Å². The van der Waals surface area contributed by atoms with Gasteiger partial charge in [0.1, 0.15) is 0 Å². The van der Waals surface area contributed by atoms with Gasteiger partial charge in [-0.3, -0.25) is 4.98 Å². The van der Waals surface area contributed by atoms with Crippen LogP contribution in [0.15, 0.2) is 18.3 Å². The molecule has 2 fully saturated rings. The van der Waals surface area contributed by atoms with Gasteiger partial charge in [0.25, 0.3) is 0 Å². The molecule has 0 radical (unpaired) electrons. The van der Waals surface area contributed by atoms with Crippen LogP contribution in [0.4, 0.5) is 0 Å². The van der Waals surface area contributed by atoms with Crippen LogP contribution in [0.1, 0.15) is 43.4 Å². The van der Waals surface area contributed by atoms with E-state index in [2.05, 4.69) is 18.0 Å². The first-order valence-corrected chi connectivity index (χ1v) is 7.38. The third kappa shape index (κ3) is 2.44. The van der Waals surface area contributed by atoms with E-state index in [-0.39, 0.29) is 0 Å². The molecule has 2 heteroatoms. The van der Waals surface area contributed by atoms with Gasteiger partial charge in [0.15, 0.2) is 0 Å². The molecule has 0 spiro atoms. The highest BCUT2D eigenvalue weighted by atomic mass is 14.7. The minimum atomic E-state index is 0.294. The van der Waals surface area contributed by atoms with E-state index in [0.717, 1.165) is 24.2 Å². The molecule has 2 saturated carbocycles. The molecule has 4 atom stereocenters. The number of nitrogens with zero attached hydrogens (tertiary/aromatic N) is 1. The number of hydrogen-bond donors (Lipinski definition) is 1.